The lowest BCUT2D eigenvalue weighted by Crippen LogP contribution is -2.46. The van der Waals surface area contributed by atoms with E-state index in [1.165, 1.54) is 18.6 Å². The van der Waals surface area contributed by atoms with E-state index in [0.717, 1.165) is 38.2 Å². The molecule has 130 valence electrons. The van der Waals surface area contributed by atoms with Crippen molar-refractivity contribution in [2.24, 2.45) is 5.92 Å². The summed E-state index contributed by atoms with van der Waals surface area (Å²) in [6, 6.07) is 7.10. The molecule has 3 saturated heterocycles. The summed E-state index contributed by atoms with van der Waals surface area (Å²) in [5.74, 6) is 0.356. The lowest BCUT2D eigenvalue weighted by Gasteiger charge is -2.35. The van der Waals surface area contributed by atoms with Gasteiger partial charge in [0.05, 0.1) is 0 Å². The van der Waals surface area contributed by atoms with Crippen LogP contribution in [0.25, 0.3) is 6.08 Å². The number of nitrogens with zero attached hydrogens (tertiary/aromatic N) is 3. The van der Waals surface area contributed by atoms with Crippen molar-refractivity contribution < 1.29 is 9.18 Å². The minimum absolute atomic E-state index is 0.121. The van der Waals surface area contributed by atoms with Crippen LogP contribution in [0.2, 0.25) is 0 Å². The second kappa shape index (κ2) is 7.34. The van der Waals surface area contributed by atoms with Gasteiger partial charge in [-0.3, -0.25) is 4.90 Å². The Labute approximate surface area is 143 Å². The highest BCUT2D eigenvalue weighted by Crippen LogP contribution is 2.28. The first kappa shape index (κ1) is 17.0. The third-order valence-corrected chi connectivity index (χ3v) is 5.00. The van der Waals surface area contributed by atoms with Crippen LogP contribution in [-0.4, -0.2) is 67.0 Å². The number of halogens is 1. The van der Waals surface area contributed by atoms with Crippen LogP contribution in [0.3, 0.4) is 0 Å². The fourth-order valence-electron chi connectivity index (χ4n) is 3.74. The van der Waals surface area contributed by atoms with Crippen molar-refractivity contribution in [1.29, 1.82) is 0 Å². The predicted octanol–water partition coefficient (Wildman–Crippen LogP) is 2.92. The smallest absolute Gasteiger partial charge is 0.319 e. The molecule has 4 rings (SSSR count). The Morgan fingerprint density at radius 2 is 1.96 bits per heavy atom. The van der Waals surface area contributed by atoms with Crippen molar-refractivity contribution in [2.75, 3.05) is 40.3 Å². The summed E-state index contributed by atoms with van der Waals surface area (Å²) in [6.07, 6.45) is 6.55. The third-order valence-electron chi connectivity index (χ3n) is 5.00. The number of amides is 2. The third kappa shape index (κ3) is 3.96. The highest BCUT2D eigenvalue weighted by Gasteiger charge is 2.36. The molecule has 0 radical (unpaired) electrons. The standard InChI is InChI=1S/C19H26FN3O/c1-21(2)19(24)23-13-16-7-10-18(14-23)22(12-16)11-3-4-15-5-8-17(20)9-6-15/h3-6,8-9,16,18H,7,10-14H2,1-2H3/b4-3+/t16-,18-/m0/s1. The Bertz CT molecular complexity index is 599. The molecule has 5 heteroatoms. The van der Waals surface area contributed by atoms with Crippen molar-refractivity contribution in [1.82, 2.24) is 14.7 Å². The van der Waals surface area contributed by atoms with Crippen LogP contribution < -0.4 is 0 Å². The van der Waals surface area contributed by atoms with Gasteiger partial charge in [0.1, 0.15) is 5.82 Å². The Morgan fingerprint density at radius 3 is 2.67 bits per heavy atom. The summed E-state index contributed by atoms with van der Waals surface area (Å²) >= 11 is 0. The van der Waals surface area contributed by atoms with Crippen LogP contribution in [0.1, 0.15) is 18.4 Å². The van der Waals surface area contributed by atoms with Gasteiger partial charge in [-0.05, 0) is 36.5 Å². The lowest BCUT2D eigenvalue weighted by molar-refractivity contribution is 0.144. The van der Waals surface area contributed by atoms with Crippen LogP contribution in [0.15, 0.2) is 30.3 Å². The van der Waals surface area contributed by atoms with Crippen LogP contribution in [0.5, 0.6) is 0 Å². The molecule has 1 aromatic carbocycles. The van der Waals surface area contributed by atoms with E-state index in [0.29, 0.717) is 12.0 Å². The van der Waals surface area contributed by atoms with Gasteiger partial charge in [-0.15, -0.1) is 0 Å². The molecule has 3 aliphatic heterocycles. The molecule has 3 aliphatic rings. The second-order valence-corrected chi connectivity index (χ2v) is 7.09. The van der Waals surface area contributed by atoms with Gasteiger partial charge < -0.3 is 9.80 Å². The van der Waals surface area contributed by atoms with Gasteiger partial charge >= 0.3 is 6.03 Å². The number of urea groups is 1. The zero-order valence-corrected chi connectivity index (χ0v) is 14.5. The fraction of sp³-hybridized carbons (Fsp3) is 0.526. The number of hydrogen-bond acceptors (Lipinski definition) is 2. The zero-order valence-electron chi connectivity index (χ0n) is 14.5. The summed E-state index contributed by atoms with van der Waals surface area (Å²) in [7, 11) is 3.64. The molecular weight excluding hydrogens is 305 g/mol. The van der Waals surface area contributed by atoms with Crippen LogP contribution in [0, 0.1) is 11.7 Å². The number of piperidine rings is 1. The highest BCUT2D eigenvalue weighted by molar-refractivity contribution is 5.74. The van der Waals surface area contributed by atoms with E-state index < -0.39 is 0 Å². The van der Waals surface area contributed by atoms with E-state index in [9.17, 15) is 9.18 Å². The summed E-state index contributed by atoms with van der Waals surface area (Å²) in [6.45, 7) is 3.61. The van der Waals surface area contributed by atoms with E-state index in [1.54, 1.807) is 17.0 Å². The quantitative estimate of drug-likeness (QED) is 0.851. The minimum Gasteiger partial charge on any atom is -0.331 e. The SMILES string of the molecule is CN(C)C(=O)N1C[C@H]2CC[C@@H](C1)N(C/C=C/c1ccc(F)cc1)C2. The van der Waals surface area contributed by atoms with Gasteiger partial charge in [0, 0.05) is 46.3 Å². The molecule has 2 amide bonds. The van der Waals surface area contributed by atoms with Gasteiger partial charge in [0.15, 0.2) is 0 Å². The first-order valence-corrected chi connectivity index (χ1v) is 8.65. The molecule has 4 nitrogen and oxygen atoms in total. The van der Waals surface area contributed by atoms with Crippen molar-refractivity contribution in [3.05, 3.63) is 41.7 Å². The Morgan fingerprint density at radius 1 is 1.21 bits per heavy atom. The lowest BCUT2D eigenvalue weighted by atomic mass is 9.95. The molecule has 2 bridgehead atoms. The molecule has 1 aromatic rings. The number of carbonyl (C=O) groups excluding carboxylic acids is 1. The van der Waals surface area contributed by atoms with E-state index in [-0.39, 0.29) is 11.8 Å². The van der Waals surface area contributed by atoms with Gasteiger partial charge in [0.2, 0.25) is 0 Å². The van der Waals surface area contributed by atoms with Crippen molar-refractivity contribution >= 4 is 12.1 Å². The number of benzene rings is 1. The number of rotatable bonds is 3. The zero-order chi connectivity index (χ0) is 17.1. The summed E-state index contributed by atoms with van der Waals surface area (Å²) < 4.78 is 12.9. The molecule has 0 spiro atoms. The van der Waals surface area contributed by atoms with Crippen molar-refractivity contribution in [3.8, 4) is 0 Å². The van der Waals surface area contributed by atoms with Gasteiger partial charge in [0.25, 0.3) is 0 Å². The van der Waals surface area contributed by atoms with E-state index >= 15 is 0 Å². The Balaban J connectivity index is 1.61. The maximum absolute atomic E-state index is 12.9. The normalized spacial score (nSPS) is 24.4. The minimum atomic E-state index is -0.206. The molecule has 0 unspecified atom stereocenters. The second-order valence-electron chi connectivity index (χ2n) is 7.09. The number of fused-ring (bicyclic) bond motifs is 4. The van der Waals surface area contributed by atoms with Crippen LogP contribution in [-0.2, 0) is 0 Å². The fourth-order valence-corrected chi connectivity index (χ4v) is 3.74. The molecule has 0 N–H and O–H groups in total. The van der Waals surface area contributed by atoms with Crippen LogP contribution >= 0.6 is 0 Å². The number of hydrogen-bond donors (Lipinski definition) is 0. The predicted molar refractivity (Wildman–Crippen MR) is 94.2 cm³/mol. The van der Waals surface area contributed by atoms with Crippen molar-refractivity contribution in [3.63, 3.8) is 0 Å². The average Bonchev–Trinajstić information content (AvgIpc) is 2.87. The first-order chi connectivity index (χ1) is 11.5. The molecule has 2 atom stereocenters. The summed E-state index contributed by atoms with van der Waals surface area (Å²) in [4.78, 5) is 18.5. The monoisotopic (exact) mass is 331 g/mol. The van der Waals surface area contributed by atoms with E-state index in [2.05, 4.69) is 11.0 Å². The van der Waals surface area contributed by atoms with Crippen LogP contribution in [0.4, 0.5) is 9.18 Å². The molecule has 24 heavy (non-hydrogen) atoms. The molecule has 0 saturated carbocycles. The highest BCUT2D eigenvalue weighted by atomic mass is 19.1. The van der Waals surface area contributed by atoms with Gasteiger partial charge in [-0.25, -0.2) is 9.18 Å². The van der Waals surface area contributed by atoms with E-state index in [4.69, 9.17) is 0 Å². The maximum Gasteiger partial charge on any atom is 0.319 e. The molecular formula is C19H26FN3O. The average molecular weight is 331 g/mol. The Hall–Kier alpha value is -1.88. The Kier molecular flexibility index (Phi) is 5.19. The first-order valence-electron chi connectivity index (χ1n) is 8.65. The molecule has 3 heterocycles. The summed E-state index contributed by atoms with van der Waals surface area (Å²) in [5.41, 5.74) is 1.01. The maximum atomic E-state index is 12.9. The molecule has 3 fully saturated rings. The molecule has 0 aliphatic carbocycles. The molecule has 0 aromatic heterocycles. The van der Waals surface area contributed by atoms with Gasteiger partial charge in [-0.1, -0.05) is 24.3 Å². The topological polar surface area (TPSA) is 26.8 Å². The largest absolute Gasteiger partial charge is 0.331 e. The number of carbonyl (C=O) groups is 1. The summed E-state index contributed by atoms with van der Waals surface area (Å²) in [5, 5.41) is 0. The van der Waals surface area contributed by atoms with Crippen molar-refractivity contribution in [2.45, 2.75) is 18.9 Å². The van der Waals surface area contributed by atoms with E-state index in [1.807, 2.05) is 25.1 Å². The van der Waals surface area contributed by atoms with Gasteiger partial charge in [-0.2, -0.15) is 0 Å².